The molecule has 1 heterocycles. The molecule has 0 spiro atoms. The molecular weight excluding hydrogens is 271 g/mol. The van der Waals surface area contributed by atoms with Crippen LogP contribution in [0.5, 0.6) is 5.75 Å². The summed E-state index contributed by atoms with van der Waals surface area (Å²) in [5.74, 6) is 0.446. The second-order valence-electron chi connectivity index (χ2n) is 5.67. The third-order valence-electron chi connectivity index (χ3n) is 4.12. The molecule has 1 saturated heterocycles. The molecule has 21 heavy (non-hydrogen) atoms. The molecule has 118 valence electrons. The number of hydrogen-bond donors (Lipinski definition) is 1. The summed E-state index contributed by atoms with van der Waals surface area (Å²) in [6.07, 6.45) is 2.29. The zero-order valence-electron chi connectivity index (χ0n) is 12.8. The van der Waals surface area contributed by atoms with Crippen LogP contribution < -0.4 is 10.5 Å². The first-order valence-corrected chi connectivity index (χ1v) is 7.47. The van der Waals surface area contributed by atoms with E-state index in [9.17, 15) is 4.39 Å². The van der Waals surface area contributed by atoms with Gasteiger partial charge in [-0.3, -0.25) is 4.90 Å². The Morgan fingerprint density at radius 3 is 2.90 bits per heavy atom. The van der Waals surface area contributed by atoms with E-state index in [1.54, 1.807) is 6.07 Å². The number of likely N-dealkylation sites (N-methyl/N-ethyl adjacent to an activating group) is 1. The highest BCUT2D eigenvalue weighted by molar-refractivity contribution is 5.31. The van der Waals surface area contributed by atoms with Crippen molar-refractivity contribution >= 4 is 0 Å². The normalized spacial score (nSPS) is 20.5. The van der Waals surface area contributed by atoms with Crippen molar-refractivity contribution in [2.45, 2.75) is 18.9 Å². The average molecular weight is 296 g/mol. The number of nitrogens with two attached hydrogens (primary N) is 1. The molecule has 1 aliphatic heterocycles. The first-order valence-electron chi connectivity index (χ1n) is 7.47. The SMILES string of the molecule is COc1ccc(C(CN)N(C)CC2CCCOC2)cc1F. The largest absolute Gasteiger partial charge is 0.494 e. The number of ether oxygens (including phenoxy) is 2. The molecule has 0 bridgehead atoms. The molecule has 1 aromatic carbocycles. The number of methoxy groups -OCH3 is 1. The Bertz CT molecular complexity index is 450. The molecule has 4 nitrogen and oxygen atoms in total. The van der Waals surface area contributed by atoms with Gasteiger partial charge in [0, 0.05) is 25.7 Å². The van der Waals surface area contributed by atoms with Gasteiger partial charge in [0.25, 0.3) is 0 Å². The van der Waals surface area contributed by atoms with Crippen LogP contribution in [0, 0.1) is 11.7 Å². The average Bonchev–Trinajstić information content (AvgIpc) is 2.49. The number of nitrogens with zero attached hydrogens (tertiary/aromatic N) is 1. The smallest absolute Gasteiger partial charge is 0.165 e. The minimum absolute atomic E-state index is 0.00679. The standard InChI is InChI=1S/C16H25FN2O2/c1-19(10-12-4-3-7-21-11-12)15(9-18)13-5-6-16(20-2)14(17)8-13/h5-6,8,12,15H,3-4,7,9-11,18H2,1-2H3. The van der Waals surface area contributed by atoms with Crippen molar-refractivity contribution in [2.75, 3.05) is 40.5 Å². The van der Waals surface area contributed by atoms with Crippen LogP contribution in [0.25, 0.3) is 0 Å². The van der Waals surface area contributed by atoms with Gasteiger partial charge in [-0.25, -0.2) is 4.39 Å². The molecule has 2 atom stereocenters. The van der Waals surface area contributed by atoms with Crippen molar-refractivity contribution in [3.8, 4) is 5.75 Å². The molecular formula is C16H25FN2O2. The van der Waals surface area contributed by atoms with Gasteiger partial charge in [0.2, 0.25) is 0 Å². The third-order valence-corrected chi connectivity index (χ3v) is 4.12. The number of halogens is 1. The molecule has 5 heteroatoms. The fourth-order valence-corrected chi connectivity index (χ4v) is 2.95. The van der Waals surface area contributed by atoms with E-state index in [1.165, 1.54) is 19.6 Å². The van der Waals surface area contributed by atoms with Crippen LogP contribution in [0.1, 0.15) is 24.4 Å². The van der Waals surface area contributed by atoms with E-state index >= 15 is 0 Å². The van der Waals surface area contributed by atoms with E-state index in [4.69, 9.17) is 15.2 Å². The molecule has 1 aromatic rings. The van der Waals surface area contributed by atoms with Crippen LogP contribution in [-0.2, 0) is 4.74 Å². The van der Waals surface area contributed by atoms with E-state index in [1.807, 2.05) is 13.1 Å². The summed E-state index contributed by atoms with van der Waals surface area (Å²) in [4.78, 5) is 2.20. The number of benzene rings is 1. The van der Waals surface area contributed by atoms with Gasteiger partial charge in [-0.1, -0.05) is 6.07 Å². The maximum atomic E-state index is 13.9. The van der Waals surface area contributed by atoms with Crippen molar-refractivity contribution < 1.29 is 13.9 Å². The Balaban J connectivity index is 2.05. The lowest BCUT2D eigenvalue weighted by Crippen LogP contribution is -2.36. The highest BCUT2D eigenvalue weighted by Gasteiger charge is 2.22. The van der Waals surface area contributed by atoms with Gasteiger partial charge < -0.3 is 15.2 Å². The zero-order chi connectivity index (χ0) is 15.2. The monoisotopic (exact) mass is 296 g/mol. The summed E-state index contributed by atoms with van der Waals surface area (Å²) in [6, 6.07) is 5.06. The van der Waals surface area contributed by atoms with Crippen LogP contribution in [0.4, 0.5) is 4.39 Å². The van der Waals surface area contributed by atoms with E-state index in [0.29, 0.717) is 12.5 Å². The van der Waals surface area contributed by atoms with Crippen LogP contribution in [0.3, 0.4) is 0 Å². The van der Waals surface area contributed by atoms with Gasteiger partial charge in [-0.2, -0.15) is 0 Å². The molecule has 0 saturated carbocycles. The molecule has 2 unspecified atom stereocenters. The minimum atomic E-state index is -0.345. The second kappa shape index (κ2) is 7.73. The third kappa shape index (κ3) is 4.15. The summed E-state index contributed by atoms with van der Waals surface area (Å²) < 4.78 is 24.3. The van der Waals surface area contributed by atoms with E-state index < -0.39 is 0 Å². The molecule has 0 radical (unpaired) electrons. The van der Waals surface area contributed by atoms with Crippen LogP contribution >= 0.6 is 0 Å². The Labute approximate surface area is 126 Å². The Morgan fingerprint density at radius 1 is 1.52 bits per heavy atom. The second-order valence-corrected chi connectivity index (χ2v) is 5.67. The van der Waals surface area contributed by atoms with E-state index in [-0.39, 0.29) is 17.6 Å². The highest BCUT2D eigenvalue weighted by atomic mass is 19.1. The molecule has 1 fully saturated rings. The summed E-state index contributed by atoms with van der Waals surface area (Å²) in [5, 5.41) is 0. The summed E-state index contributed by atoms with van der Waals surface area (Å²) in [6.45, 7) is 3.04. The van der Waals surface area contributed by atoms with Gasteiger partial charge in [-0.05, 0) is 43.5 Å². The first-order chi connectivity index (χ1) is 10.2. The molecule has 1 aliphatic rings. The van der Waals surface area contributed by atoms with Crippen molar-refractivity contribution in [3.05, 3.63) is 29.6 Å². The lowest BCUT2D eigenvalue weighted by atomic mass is 9.99. The maximum Gasteiger partial charge on any atom is 0.165 e. The van der Waals surface area contributed by atoms with Gasteiger partial charge >= 0.3 is 0 Å². The minimum Gasteiger partial charge on any atom is -0.494 e. The van der Waals surface area contributed by atoms with Gasteiger partial charge in [0.15, 0.2) is 11.6 Å². The summed E-state index contributed by atoms with van der Waals surface area (Å²) in [5.41, 5.74) is 6.79. The zero-order valence-corrected chi connectivity index (χ0v) is 12.8. The van der Waals surface area contributed by atoms with Crippen molar-refractivity contribution in [2.24, 2.45) is 11.7 Å². The quantitative estimate of drug-likeness (QED) is 0.874. The molecule has 2 rings (SSSR count). The molecule has 2 N–H and O–H groups in total. The highest BCUT2D eigenvalue weighted by Crippen LogP contribution is 2.26. The van der Waals surface area contributed by atoms with Crippen LogP contribution in [-0.4, -0.2) is 45.4 Å². The molecule has 0 aliphatic carbocycles. The number of rotatable bonds is 6. The summed E-state index contributed by atoms with van der Waals surface area (Å²) in [7, 11) is 3.50. The first kappa shape index (κ1) is 16.2. The maximum absolute atomic E-state index is 13.9. The Kier molecular flexibility index (Phi) is 5.96. The van der Waals surface area contributed by atoms with Crippen LogP contribution in [0.15, 0.2) is 18.2 Å². The fraction of sp³-hybridized carbons (Fsp3) is 0.625. The molecule has 0 aromatic heterocycles. The van der Waals surface area contributed by atoms with Gasteiger partial charge in [0.05, 0.1) is 13.7 Å². The van der Waals surface area contributed by atoms with Crippen molar-refractivity contribution in [1.82, 2.24) is 4.90 Å². The predicted molar refractivity (Wildman–Crippen MR) is 80.9 cm³/mol. The topological polar surface area (TPSA) is 47.7 Å². The predicted octanol–water partition coefficient (Wildman–Crippen LogP) is 2.19. The van der Waals surface area contributed by atoms with Crippen LogP contribution in [0.2, 0.25) is 0 Å². The van der Waals surface area contributed by atoms with Crippen molar-refractivity contribution in [3.63, 3.8) is 0 Å². The Morgan fingerprint density at radius 2 is 2.33 bits per heavy atom. The van der Waals surface area contributed by atoms with Gasteiger partial charge in [-0.15, -0.1) is 0 Å². The fourth-order valence-electron chi connectivity index (χ4n) is 2.95. The Hall–Kier alpha value is -1.17. The summed E-state index contributed by atoms with van der Waals surface area (Å²) >= 11 is 0. The lowest BCUT2D eigenvalue weighted by molar-refractivity contribution is 0.0365. The van der Waals surface area contributed by atoms with Crippen molar-refractivity contribution in [1.29, 1.82) is 0 Å². The lowest BCUT2D eigenvalue weighted by Gasteiger charge is -2.32. The number of hydrogen-bond acceptors (Lipinski definition) is 4. The van der Waals surface area contributed by atoms with Gasteiger partial charge in [0.1, 0.15) is 0 Å². The van der Waals surface area contributed by atoms with E-state index in [2.05, 4.69) is 4.90 Å². The molecule has 0 amide bonds. The van der Waals surface area contributed by atoms with E-state index in [0.717, 1.165) is 31.7 Å².